The lowest BCUT2D eigenvalue weighted by Gasteiger charge is -2.12. The van der Waals surface area contributed by atoms with Gasteiger partial charge in [-0.25, -0.2) is 0 Å². The maximum Gasteiger partial charge on any atom is 0.303 e. The summed E-state index contributed by atoms with van der Waals surface area (Å²) in [6, 6.07) is 0. The van der Waals surface area contributed by atoms with Crippen molar-refractivity contribution in [2.45, 2.75) is 64.4 Å². The summed E-state index contributed by atoms with van der Waals surface area (Å²) in [5.41, 5.74) is 0. The van der Waals surface area contributed by atoms with E-state index in [4.69, 9.17) is 9.84 Å². The Morgan fingerprint density at radius 3 is 2.83 bits per heavy atom. The second-order valence-electron chi connectivity index (χ2n) is 6.40. The second kappa shape index (κ2) is 12.3. The van der Waals surface area contributed by atoms with E-state index in [0.717, 1.165) is 38.9 Å². The number of ether oxygens (including phenoxy) is 1. The zero-order valence-electron chi connectivity index (χ0n) is 14.3. The van der Waals surface area contributed by atoms with Gasteiger partial charge in [0, 0.05) is 12.3 Å². The predicted molar refractivity (Wildman–Crippen MR) is 92.3 cm³/mol. The molecular weight excluding hydrogens is 292 g/mol. The number of rotatable bonds is 12. The van der Waals surface area contributed by atoms with Gasteiger partial charge < -0.3 is 14.9 Å². The third-order valence-electron chi connectivity index (χ3n) is 4.30. The van der Waals surface area contributed by atoms with Gasteiger partial charge in [0.05, 0.1) is 19.3 Å². The molecule has 4 heteroatoms. The van der Waals surface area contributed by atoms with E-state index < -0.39 is 5.97 Å². The lowest BCUT2D eigenvalue weighted by molar-refractivity contribution is -0.137. The fourth-order valence-corrected chi connectivity index (χ4v) is 2.80. The molecule has 0 bridgehead atoms. The van der Waals surface area contributed by atoms with Crippen molar-refractivity contribution >= 4 is 5.97 Å². The van der Waals surface area contributed by atoms with Crippen LogP contribution in [-0.4, -0.2) is 35.5 Å². The van der Waals surface area contributed by atoms with Gasteiger partial charge in [-0.15, -0.1) is 0 Å². The molecule has 0 aromatic heterocycles. The first-order valence-electron chi connectivity index (χ1n) is 8.94. The quantitative estimate of drug-likeness (QED) is 0.421. The van der Waals surface area contributed by atoms with E-state index in [1.165, 1.54) is 12.8 Å². The smallest absolute Gasteiger partial charge is 0.303 e. The molecule has 0 saturated carbocycles. The van der Waals surface area contributed by atoms with Gasteiger partial charge in [-0.05, 0) is 31.6 Å². The largest absolute Gasteiger partial charge is 0.481 e. The van der Waals surface area contributed by atoms with E-state index in [1.807, 2.05) is 6.08 Å². The number of unbranched alkanes of at least 4 members (excludes halogenated alkanes) is 3. The van der Waals surface area contributed by atoms with E-state index >= 15 is 0 Å². The van der Waals surface area contributed by atoms with E-state index in [2.05, 4.69) is 25.2 Å². The van der Waals surface area contributed by atoms with Crippen molar-refractivity contribution in [1.82, 2.24) is 0 Å². The molecule has 4 nitrogen and oxygen atoms in total. The predicted octanol–water partition coefficient (Wildman–Crippen LogP) is 3.95. The summed E-state index contributed by atoms with van der Waals surface area (Å²) >= 11 is 0. The zero-order chi connectivity index (χ0) is 16.9. The number of carboxylic acids is 1. The fraction of sp³-hybridized carbons (Fsp3) is 0.737. The van der Waals surface area contributed by atoms with Crippen molar-refractivity contribution in [2.75, 3.05) is 13.2 Å². The lowest BCUT2D eigenvalue weighted by atomic mass is 9.91. The van der Waals surface area contributed by atoms with Gasteiger partial charge in [-0.2, -0.15) is 0 Å². The average molecular weight is 324 g/mol. The summed E-state index contributed by atoms with van der Waals surface area (Å²) in [7, 11) is 0. The maximum atomic E-state index is 10.4. The highest BCUT2D eigenvalue weighted by molar-refractivity contribution is 5.66. The van der Waals surface area contributed by atoms with Gasteiger partial charge in [-0.1, -0.05) is 50.5 Å². The normalized spacial score (nSPS) is 23.0. The minimum atomic E-state index is -0.731. The van der Waals surface area contributed by atoms with Crippen molar-refractivity contribution in [3.05, 3.63) is 24.3 Å². The van der Waals surface area contributed by atoms with Crippen LogP contribution in [0.4, 0.5) is 0 Å². The van der Waals surface area contributed by atoms with Crippen molar-refractivity contribution in [1.29, 1.82) is 0 Å². The SMILES string of the molecule is CCCCCC(O)C=C[C@@H]1COC[C@@H]1CC=CCCCC(=O)O. The summed E-state index contributed by atoms with van der Waals surface area (Å²) in [6.07, 6.45) is 14.9. The summed E-state index contributed by atoms with van der Waals surface area (Å²) in [4.78, 5) is 10.4. The van der Waals surface area contributed by atoms with Crippen LogP contribution in [0.25, 0.3) is 0 Å². The third-order valence-corrected chi connectivity index (χ3v) is 4.30. The number of allylic oxidation sites excluding steroid dienone is 2. The van der Waals surface area contributed by atoms with Gasteiger partial charge in [0.2, 0.25) is 0 Å². The van der Waals surface area contributed by atoms with E-state index in [1.54, 1.807) is 0 Å². The number of carbonyl (C=O) groups is 1. The molecule has 1 aliphatic heterocycles. The molecule has 3 atom stereocenters. The molecule has 1 saturated heterocycles. The van der Waals surface area contributed by atoms with Crippen LogP contribution in [0.15, 0.2) is 24.3 Å². The Bertz CT molecular complexity index is 376. The molecule has 0 aliphatic carbocycles. The Hall–Kier alpha value is -1.13. The first-order valence-corrected chi connectivity index (χ1v) is 8.94. The molecule has 1 aliphatic rings. The Morgan fingerprint density at radius 2 is 2.09 bits per heavy atom. The first kappa shape index (κ1) is 19.9. The highest BCUT2D eigenvalue weighted by atomic mass is 16.5. The molecule has 0 amide bonds. The molecule has 0 aromatic rings. The minimum Gasteiger partial charge on any atom is -0.481 e. The summed E-state index contributed by atoms with van der Waals surface area (Å²) in [5.74, 6) is 0.106. The highest BCUT2D eigenvalue weighted by Gasteiger charge is 2.24. The Balaban J connectivity index is 2.24. The van der Waals surface area contributed by atoms with Crippen LogP contribution in [0, 0.1) is 11.8 Å². The third kappa shape index (κ3) is 9.57. The molecule has 1 rings (SSSR count). The Labute approximate surface area is 140 Å². The van der Waals surface area contributed by atoms with Crippen LogP contribution in [0.2, 0.25) is 0 Å². The molecule has 1 fully saturated rings. The molecule has 1 heterocycles. The topological polar surface area (TPSA) is 66.8 Å². The molecular formula is C19H32O4. The molecule has 0 radical (unpaired) electrons. The van der Waals surface area contributed by atoms with E-state index in [0.29, 0.717) is 18.3 Å². The van der Waals surface area contributed by atoms with Crippen LogP contribution >= 0.6 is 0 Å². The van der Waals surface area contributed by atoms with E-state index in [-0.39, 0.29) is 12.5 Å². The maximum absolute atomic E-state index is 10.4. The van der Waals surface area contributed by atoms with Crippen LogP contribution in [0.1, 0.15) is 58.3 Å². The van der Waals surface area contributed by atoms with Gasteiger partial charge in [0.1, 0.15) is 0 Å². The van der Waals surface area contributed by atoms with Crippen molar-refractivity contribution < 1.29 is 19.7 Å². The van der Waals surface area contributed by atoms with Crippen molar-refractivity contribution in [3.63, 3.8) is 0 Å². The molecule has 132 valence electrons. The lowest BCUT2D eigenvalue weighted by Crippen LogP contribution is -2.10. The van der Waals surface area contributed by atoms with E-state index in [9.17, 15) is 9.90 Å². The zero-order valence-corrected chi connectivity index (χ0v) is 14.3. The second-order valence-corrected chi connectivity index (χ2v) is 6.40. The molecule has 23 heavy (non-hydrogen) atoms. The molecule has 0 aromatic carbocycles. The van der Waals surface area contributed by atoms with Gasteiger partial charge in [-0.3, -0.25) is 4.79 Å². The van der Waals surface area contributed by atoms with Gasteiger partial charge in [0.25, 0.3) is 0 Å². The summed E-state index contributed by atoms with van der Waals surface area (Å²) < 4.78 is 5.57. The van der Waals surface area contributed by atoms with Crippen molar-refractivity contribution in [2.24, 2.45) is 11.8 Å². The number of aliphatic hydroxyl groups is 1. The number of hydrogen-bond acceptors (Lipinski definition) is 3. The van der Waals surface area contributed by atoms with Crippen LogP contribution in [-0.2, 0) is 9.53 Å². The molecule has 0 spiro atoms. The first-order chi connectivity index (χ1) is 11.1. The van der Waals surface area contributed by atoms with Crippen LogP contribution in [0.5, 0.6) is 0 Å². The van der Waals surface area contributed by atoms with Gasteiger partial charge in [0.15, 0.2) is 0 Å². The Kier molecular flexibility index (Phi) is 10.7. The molecule has 2 N–H and O–H groups in total. The highest BCUT2D eigenvalue weighted by Crippen LogP contribution is 2.26. The van der Waals surface area contributed by atoms with Crippen LogP contribution < -0.4 is 0 Å². The average Bonchev–Trinajstić information content (AvgIpc) is 2.96. The number of aliphatic carboxylic acids is 1. The number of carboxylic acid groups (broad SMARTS) is 1. The summed E-state index contributed by atoms with van der Waals surface area (Å²) in [5, 5.41) is 18.5. The molecule has 1 unspecified atom stereocenters. The monoisotopic (exact) mass is 324 g/mol. The fourth-order valence-electron chi connectivity index (χ4n) is 2.80. The number of hydrogen-bond donors (Lipinski definition) is 2. The summed E-state index contributed by atoms with van der Waals surface area (Å²) in [6.45, 7) is 3.66. The van der Waals surface area contributed by atoms with Crippen LogP contribution in [0.3, 0.4) is 0 Å². The standard InChI is InChI=1S/C19H32O4/c1-2-3-6-10-18(20)13-12-17-15-23-14-16(17)9-7-4-5-8-11-19(21)22/h4,7,12-13,16-18,20H,2-3,5-6,8-11,14-15H2,1H3,(H,21,22)/t16-,17+,18?/m0/s1. The Morgan fingerprint density at radius 1 is 1.26 bits per heavy atom. The van der Waals surface area contributed by atoms with Crippen molar-refractivity contribution in [3.8, 4) is 0 Å². The number of aliphatic hydroxyl groups excluding tert-OH is 1. The minimum absolute atomic E-state index is 0.234. The van der Waals surface area contributed by atoms with Gasteiger partial charge >= 0.3 is 5.97 Å².